The van der Waals surface area contributed by atoms with Crippen molar-refractivity contribution in [3.63, 3.8) is 0 Å². The van der Waals surface area contributed by atoms with E-state index in [1.807, 2.05) is 6.92 Å². The largest absolute Gasteiger partial charge is 0.508 e. The number of benzene rings is 1. The third-order valence-electron chi connectivity index (χ3n) is 7.91. The fourth-order valence-electron chi connectivity index (χ4n) is 6.16. The van der Waals surface area contributed by atoms with Gasteiger partial charge in [0.25, 0.3) is 11.8 Å². The van der Waals surface area contributed by atoms with Crippen molar-refractivity contribution >= 4 is 23.1 Å². The van der Waals surface area contributed by atoms with Crippen molar-refractivity contribution in [2.24, 2.45) is 0 Å². The number of carbonyl (C=O) groups excluding carboxylic acids is 2. The molecule has 9 heteroatoms. The van der Waals surface area contributed by atoms with Crippen LogP contribution in [0.25, 0.3) is 5.57 Å². The third-order valence-corrected chi connectivity index (χ3v) is 7.91. The van der Waals surface area contributed by atoms with Crippen LogP contribution in [-0.4, -0.2) is 84.5 Å². The Morgan fingerprint density at radius 3 is 2.81 bits per heavy atom. The van der Waals surface area contributed by atoms with E-state index in [0.29, 0.717) is 42.2 Å². The number of anilines is 1. The van der Waals surface area contributed by atoms with E-state index in [1.54, 1.807) is 18.2 Å². The van der Waals surface area contributed by atoms with Gasteiger partial charge in [-0.05, 0) is 66.7 Å². The predicted molar refractivity (Wildman–Crippen MR) is 134 cm³/mol. The summed E-state index contributed by atoms with van der Waals surface area (Å²) in [6.07, 6.45) is 1.68. The molecule has 2 aliphatic carbocycles. The van der Waals surface area contributed by atoms with Gasteiger partial charge in [0.2, 0.25) is 0 Å². The second-order valence-electron chi connectivity index (χ2n) is 10.2. The third kappa shape index (κ3) is 4.06. The Balaban J connectivity index is 1.29. The Hall–Kier alpha value is -2.98. The quantitative estimate of drug-likeness (QED) is 0.236. The minimum Gasteiger partial charge on any atom is -0.508 e. The summed E-state index contributed by atoms with van der Waals surface area (Å²) in [4.78, 5) is 28.6. The minimum absolute atomic E-state index is 0.0737. The number of aliphatic hydroxyl groups is 1. The van der Waals surface area contributed by atoms with E-state index in [2.05, 4.69) is 20.9 Å². The number of nitrogens with zero attached hydrogens (tertiary/aromatic N) is 1. The van der Waals surface area contributed by atoms with Gasteiger partial charge in [-0.25, -0.2) is 0 Å². The molecule has 6 rings (SSSR count). The van der Waals surface area contributed by atoms with Gasteiger partial charge in [-0.3, -0.25) is 19.8 Å². The molecule has 3 heterocycles. The van der Waals surface area contributed by atoms with Crippen LogP contribution in [0.5, 0.6) is 5.75 Å². The SMILES string of the molecule is CC1=C(C(=O)NCC(O)CN2CCOCC2)C2=C(/C(=C3\C(=O)Nc4ccc(O)cc43)CCC2)C2NC12. The molecule has 1 aromatic carbocycles. The van der Waals surface area contributed by atoms with Gasteiger partial charge in [0.05, 0.1) is 30.9 Å². The van der Waals surface area contributed by atoms with Gasteiger partial charge in [-0.2, -0.15) is 0 Å². The van der Waals surface area contributed by atoms with E-state index in [-0.39, 0.29) is 36.2 Å². The first-order valence-corrected chi connectivity index (χ1v) is 12.8. The molecule has 5 N–H and O–H groups in total. The van der Waals surface area contributed by atoms with Crippen molar-refractivity contribution in [2.75, 3.05) is 44.7 Å². The lowest BCUT2D eigenvalue weighted by atomic mass is 9.74. The number of hydrogen-bond acceptors (Lipinski definition) is 7. The fourth-order valence-corrected chi connectivity index (χ4v) is 6.16. The zero-order valence-electron chi connectivity index (χ0n) is 20.4. The standard InChI is InChI=1S/C27H32N4O5/c1-14-21(26(34)28-12-16(33)13-31-7-9-36-10-8-31)17-3-2-4-18(22(17)25-24(14)30-25)23-19-11-15(32)5-6-20(19)29-27(23)35/h5-6,11,16,24-25,30,32-33H,2-4,7-10,12-13H2,1H3,(H,28,34)(H,29,35)/b23-18-. The number of phenols is 1. The molecule has 3 aliphatic heterocycles. The summed E-state index contributed by atoms with van der Waals surface area (Å²) in [5, 5.41) is 30.0. The molecule has 0 aromatic heterocycles. The molecule has 1 aromatic rings. The van der Waals surface area contributed by atoms with Crippen molar-refractivity contribution in [1.82, 2.24) is 15.5 Å². The number of morpholine rings is 1. The number of nitrogens with one attached hydrogen (secondary N) is 3. The molecule has 36 heavy (non-hydrogen) atoms. The van der Waals surface area contributed by atoms with E-state index in [9.17, 15) is 19.8 Å². The second kappa shape index (κ2) is 9.15. The zero-order chi connectivity index (χ0) is 25.0. The maximum absolute atomic E-state index is 13.5. The van der Waals surface area contributed by atoms with Crippen molar-refractivity contribution in [1.29, 1.82) is 0 Å². The highest BCUT2D eigenvalue weighted by molar-refractivity contribution is 6.33. The average molecular weight is 493 g/mol. The van der Waals surface area contributed by atoms with Crippen LogP contribution in [0.4, 0.5) is 5.69 Å². The highest BCUT2D eigenvalue weighted by Gasteiger charge is 2.50. The average Bonchev–Trinajstić information content (AvgIpc) is 3.60. The first kappa shape index (κ1) is 23.4. The van der Waals surface area contributed by atoms with Crippen LogP contribution < -0.4 is 16.0 Å². The lowest BCUT2D eigenvalue weighted by Crippen LogP contribution is -2.45. The summed E-state index contributed by atoms with van der Waals surface area (Å²) in [6, 6.07) is 5.10. The van der Waals surface area contributed by atoms with Gasteiger partial charge >= 0.3 is 0 Å². The van der Waals surface area contributed by atoms with Crippen LogP contribution in [0, 0.1) is 0 Å². The molecule has 5 aliphatic rings. The molecule has 0 saturated carbocycles. The Kier molecular flexibility index (Phi) is 5.95. The van der Waals surface area contributed by atoms with E-state index in [1.165, 1.54) is 0 Å². The van der Waals surface area contributed by atoms with Crippen molar-refractivity contribution in [2.45, 2.75) is 44.4 Å². The van der Waals surface area contributed by atoms with Crippen LogP contribution in [0.15, 0.2) is 46.1 Å². The van der Waals surface area contributed by atoms with Gasteiger partial charge < -0.3 is 25.6 Å². The van der Waals surface area contributed by atoms with Crippen LogP contribution in [0.3, 0.4) is 0 Å². The molecular weight excluding hydrogens is 460 g/mol. The first-order chi connectivity index (χ1) is 17.4. The number of ether oxygens (including phenoxy) is 1. The van der Waals surface area contributed by atoms with Crippen LogP contribution in [-0.2, 0) is 14.3 Å². The topological polar surface area (TPSA) is 133 Å². The van der Waals surface area contributed by atoms with E-state index in [0.717, 1.165) is 54.6 Å². The number of aromatic hydroxyl groups is 1. The van der Waals surface area contributed by atoms with Gasteiger partial charge in [0.1, 0.15) is 5.75 Å². The number of rotatable bonds is 5. The molecule has 9 nitrogen and oxygen atoms in total. The van der Waals surface area contributed by atoms with Gasteiger partial charge in [0.15, 0.2) is 0 Å². The minimum atomic E-state index is -0.660. The summed E-state index contributed by atoms with van der Waals surface area (Å²) in [5.41, 5.74) is 6.71. The van der Waals surface area contributed by atoms with Gasteiger partial charge in [0, 0.05) is 49.0 Å². The summed E-state index contributed by atoms with van der Waals surface area (Å²) in [5.74, 6) is -0.223. The zero-order valence-corrected chi connectivity index (χ0v) is 20.4. The van der Waals surface area contributed by atoms with Crippen molar-refractivity contribution < 1.29 is 24.5 Å². The molecule has 2 saturated heterocycles. The van der Waals surface area contributed by atoms with Crippen molar-refractivity contribution in [3.05, 3.63) is 51.6 Å². The Morgan fingerprint density at radius 1 is 1.22 bits per heavy atom. The van der Waals surface area contributed by atoms with E-state index in [4.69, 9.17) is 4.74 Å². The molecular formula is C27H32N4O5. The molecule has 0 spiro atoms. The second-order valence-corrected chi connectivity index (χ2v) is 10.2. The Bertz CT molecular complexity index is 1230. The Morgan fingerprint density at radius 2 is 2.00 bits per heavy atom. The van der Waals surface area contributed by atoms with Crippen LogP contribution >= 0.6 is 0 Å². The number of amides is 2. The number of hydrogen-bond donors (Lipinski definition) is 5. The number of phenolic OH excluding ortho intramolecular Hbond substituents is 1. The molecule has 3 atom stereocenters. The maximum Gasteiger partial charge on any atom is 0.256 e. The summed E-state index contributed by atoms with van der Waals surface area (Å²) in [6.45, 7) is 5.57. The number of carbonyl (C=O) groups is 2. The summed E-state index contributed by atoms with van der Waals surface area (Å²) < 4.78 is 5.36. The van der Waals surface area contributed by atoms with Crippen molar-refractivity contribution in [3.8, 4) is 5.75 Å². The molecule has 190 valence electrons. The van der Waals surface area contributed by atoms with Gasteiger partial charge in [-0.15, -0.1) is 0 Å². The van der Waals surface area contributed by atoms with Crippen LogP contribution in [0.1, 0.15) is 31.7 Å². The van der Waals surface area contributed by atoms with E-state index >= 15 is 0 Å². The fraction of sp³-hybridized carbons (Fsp3) is 0.481. The monoisotopic (exact) mass is 492 g/mol. The highest BCUT2D eigenvalue weighted by atomic mass is 16.5. The molecule has 2 amide bonds. The maximum atomic E-state index is 13.5. The van der Waals surface area contributed by atoms with Gasteiger partial charge in [-0.1, -0.05) is 0 Å². The number of aliphatic hydroxyl groups excluding tert-OH is 1. The number of β-amino-alcohol motifs (C(OH)–C–C–N with tert-alkyl or cyclic N) is 1. The Labute approximate surface area is 209 Å². The summed E-state index contributed by atoms with van der Waals surface area (Å²) >= 11 is 0. The molecule has 0 bridgehead atoms. The molecule has 3 unspecified atom stereocenters. The normalized spacial score (nSPS) is 28.3. The van der Waals surface area contributed by atoms with E-state index < -0.39 is 6.10 Å². The number of fused-ring (bicyclic) bond motifs is 3. The molecule has 0 radical (unpaired) electrons. The highest BCUT2D eigenvalue weighted by Crippen LogP contribution is 2.50. The van der Waals surface area contributed by atoms with Crippen LogP contribution in [0.2, 0.25) is 0 Å². The smallest absolute Gasteiger partial charge is 0.256 e. The first-order valence-electron chi connectivity index (χ1n) is 12.8. The molecule has 2 fully saturated rings. The summed E-state index contributed by atoms with van der Waals surface area (Å²) in [7, 11) is 0. The predicted octanol–water partition coefficient (Wildman–Crippen LogP) is 1.06. The lowest BCUT2D eigenvalue weighted by molar-refractivity contribution is -0.118. The lowest BCUT2D eigenvalue weighted by Gasteiger charge is -2.30.